The first-order valence-electron chi connectivity index (χ1n) is 5.75. The van der Waals surface area contributed by atoms with Crippen molar-refractivity contribution in [3.8, 4) is 0 Å². The maximum Gasteiger partial charge on any atom is 0.263 e. The lowest BCUT2D eigenvalue weighted by atomic mass is 10.2. The van der Waals surface area contributed by atoms with Crippen molar-refractivity contribution in [3.63, 3.8) is 0 Å². The molecule has 3 N–H and O–H groups in total. The molecule has 0 heterocycles. The minimum Gasteiger partial charge on any atom is -0.396 e. The largest absolute Gasteiger partial charge is 0.396 e. The van der Waals surface area contributed by atoms with Crippen molar-refractivity contribution in [1.29, 1.82) is 0 Å². The number of sulfonamides is 1. The Morgan fingerprint density at radius 2 is 2.00 bits per heavy atom. The Bertz CT molecular complexity index is 792. The van der Waals surface area contributed by atoms with Crippen molar-refractivity contribution in [3.05, 3.63) is 51.2 Å². The molecule has 2 aromatic carbocycles. The van der Waals surface area contributed by atoms with Crippen molar-refractivity contribution in [2.24, 2.45) is 0 Å². The molecular weight excluding hydrogens is 383 g/mol. The van der Waals surface area contributed by atoms with Crippen LogP contribution < -0.4 is 10.5 Å². The monoisotopic (exact) mass is 392 g/mol. The van der Waals surface area contributed by atoms with Gasteiger partial charge in [0.05, 0.1) is 16.4 Å². The van der Waals surface area contributed by atoms with E-state index in [4.69, 9.17) is 17.3 Å². The summed E-state index contributed by atoms with van der Waals surface area (Å²) in [5, 5.41) is 0.268. The average Bonchev–Trinajstić information content (AvgIpc) is 2.38. The summed E-state index contributed by atoms with van der Waals surface area (Å²) in [6, 6.07) is 7.05. The van der Waals surface area contributed by atoms with Gasteiger partial charge in [-0.1, -0.05) is 23.7 Å². The Hall–Kier alpha value is -1.31. The molecule has 0 aliphatic rings. The summed E-state index contributed by atoms with van der Waals surface area (Å²) in [5.41, 5.74) is 6.11. The summed E-state index contributed by atoms with van der Waals surface area (Å²) in [5.74, 6) is -0.699. The highest BCUT2D eigenvalue weighted by atomic mass is 79.9. The third-order valence-corrected chi connectivity index (χ3v) is 5.42. The van der Waals surface area contributed by atoms with E-state index in [0.717, 1.165) is 12.1 Å². The molecule has 0 aliphatic heterocycles. The molecule has 0 fully saturated rings. The Balaban J connectivity index is 2.51. The van der Waals surface area contributed by atoms with Crippen molar-refractivity contribution in [2.75, 3.05) is 10.5 Å². The molecule has 0 radical (unpaired) electrons. The van der Waals surface area contributed by atoms with Gasteiger partial charge in [-0.3, -0.25) is 4.72 Å². The fourth-order valence-corrected chi connectivity index (χ4v) is 4.23. The molecule has 0 amide bonds. The van der Waals surface area contributed by atoms with Gasteiger partial charge < -0.3 is 5.73 Å². The fourth-order valence-electron chi connectivity index (χ4n) is 1.70. The summed E-state index contributed by atoms with van der Waals surface area (Å²) in [7, 11) is -3.96. The molecule has 4 nitrogen and oxygen atoms in total. The number of nitrogens with two attached hydrogens (primary N) is 1. The van der Waals surface area contributed by atoms with Crippen LogP contribution in [0.25, 0.3) is 0 Å². The van der Waals surface area contributed by atoms with Crippen LogP contribution in [0.3, 0.4) is 0 Å². The Labute approximate surface area is 135 Å². The van der Waals surface area contributed by atoms with Crippen molar-refractivity contribution in [2.45, 2.75) is 11.8 Å². The molecule has 21 heavy (non-hydrogen) atoms. The zero-order chi connectivity index (χ0) is 15.8. The van der Waals surface area contributed by atoms with Crippen LogP contribution in [0.2, 0.25) is 5.02 Å². The number of halogens is 3. The molecule has 8 heteroatoms. The number of aryl methyl sites for hydroxylation is 1. The van der Waals surface area contributed by atoms with Gasteiger partial charge in [-0.05, 0) is 46.6 Å². The van der Waals surface area contributed by atoms with E-state index in [2.05, 4.69) is 20.7 Å². The van der Waals surface area contributed by atoms with Crippen LogP contribution >= 0.6 is 27.5 Å². The van der Waals surface area contributed by atoms with Gasteiger partial charge in [-0.15, -0.1) is 0 Å². The van der Waals surface area contributed by atoms with Gasteiger partial charge in [0, 0.05) is 4.47 Å². The normalized spacial score (nSPS) is 11.4. The summed E-state index contributed by atoms with van der Waals surface area (Å²) < 4.78 is 40.6. The third-order valence-electron chi connectivity index (χ3n) is 2.80. The fraction of sp³-hybridized carbons (Fsp3) is 0.0769. The Morgan fingerprint density at radius 1 is 1.33 bits per heavy atom. The van der Waals surface area contributed by atoms with Crippen molar-refractivity contribution in [1.82, 2.24) is 0 Å². The number of nitrogens with one attached hydrogen (secondary N) is 1. The maximum atomic E-state index is 13.3. The standard InChI is InChI=1S/C13H11BrClFN2O2S/c1-7-3-2-4-9(15)13(7)18-21(19,20)12-6-11(17)10(16)5-8(12)14/h2-6,18H,17H2,1H3. The molecule has 0 bridgehead atoms. The molecule has 2 rings (SSSR count). The van der Waals surface area contributed by atoms with Crippen molar-refractivity contribution >= 4 is 48.9 Å². The second-order valence-electron chi connectivity index (χ2n) is 4.34. The number of nitrogen functional groups attached to an aromatic ring is 1. The number of para-hydroxylation sites is 1. The van der Waals surface area contributed by atoms with Crippen LogP contribution in [0.15, 0.2) is 39.7 Å². The second kappa shape index (κ2) is 5.82. The lowest BCUT2D eigenvalue weighted by Crippen LogP contribution is -2.15. The lowest BCUT2D eigenvalue weighted by molar-refractivity contribution is 0.599. The molecule has 0 unspecified atom stereocenters. The highest BCUT2D eigenvalue weighted by Crippen LogP contribution is 2.31. The quantitative estimate of drug-likeness (QED) is 0.776. The maximum absolute atomic E-state index is 13.3. The first-order chi connectivity index (χ1) is 9.72. The SMILES string of the molecule is Cc1cccc(Cl)c1NS(=O)(=O)c1cc(N)c(F)cc1Br. The average molecular weight is 394 g/mol. The minimum absolute atomic E-state index is 0.0754. The van der Waals surface area contributed by atoms with Gasteiger partial charge in [0.15, 0.2) is 0 Å². The van der Waals surface area contributed by atoms with Crippen LogP contribution in [0.1, 0.15) is 5.56 Å². The van der Waals surface area contributed by atoms with E-state index < -0.39 is 15.8 Å². The van der Waals surface area contributed by atoms with E-state index >= 15 is 0 Å². The molecule has 0 aliphatic carbocycles. The van der Waals surface area contributed by atoms with Gasteiger partial charge in [-0.2, -0.15) is 0 Å². The van der Waals surface area contributed by atoms with E-state index in [1.54, 1.807) is 25.1 Å². The minimum atomic E-state index is -3.96. The molecule has 0 spiro atoms. The molecule has 0 atom stereocenters. The summed E-state index contributed by atoms with van der Waals surface area (Å²) in [6.45, 7) is 1.72. The predicted molar refractivity (Wildman–Crippen MR) is 85.5 cm³/mol. The van der Waals surface area contributed by atoms with E-state index in [1.807, 2.05) is 0 Å². The van der Waals surface area contributed by atoms with Crippen LogP contribution in [0, 0.1) is 12.7 Å². The van der Waals surface area contributed by atoms with Gasteiger partial charge in [-0.25, -0.2) is 12.8 Å². The zero-order valence-electron chi connectivity index (χ0n) is 10.8. The lowest BCUT2D eigenvalue weighted by Gasteiger charge is -2.13. The van der Waals surface area contributed by atoms with Crippen LogP contribution in [0.4, 0.5) is 15.8 Å². The Kier molecular flexibility index (Phi) is 4.46. The Morgan fingerprint density at radius 3 is 2.62 bits per heavy atom. The van der Waals surface area contributed by atoms with Crippen LogP contribution in [0.5, 0.6) is 0 Å². The number of benzene rings is 2. The number of hydrogen-bond donors (Lipinski definition) is 2. The summed E-state index contributed by atoms with van der Waals surface area (Å²) >= 11 is 9.02. The van der Waals surface area contributed by atoms with Gasteiger partial charge in [0.25, 0.3) is 10.0 Å². The van der Waals surface area contributed by atoms with E-state index in [-0.39, 0.29) is 25.8 Å². The van der Waals surface area contributed by atoms with Gasteiger partial charge >= 0.3 is 0 Å². The van der Waals surface area contributed by atoms with Crippen molar-refractivity contribution < 1.29 is 12.8 Å². The third kappa shape index (κ3) is 3.30. The smallest absolute Gasteiger partial charge is 0.263 e. The first kappa shape index (κ1) is 16.1. The first-order valence-corrected chi connectivity index (χ1v) is 8.40. The second-order valence-corrected chi connectivity index (χ2v) is 7.25. The summed E-state index contributed by atoms with van der Waals surface area (Å²) in [6.07, 6.45) is 0. The molecule has 112 valence electrons. The van der Waals surface area contributed by atoms with E-state index in [1.165, 1.54) is 0 Å². The van der Waals surface area contributed by atoms with Gasteiger partial charge in [0.1, 0.15) is 10.7 Å². The van der Waals surface area contributed by atoms with Gasteiger partial charge in [0.2, 0.25) is 0 Å². The van der Waals surface area contributed by atoms with Crippen LogP contribution in [-0.4, -0.2) is 8.42 Å². The number of hydrogen-bond acceptors (Lipinski definition) is 3. The molecule has 0 saturated carbocycles. The molecule has 0 aromatic heterocycles. The highest BCUT2D eigenvalue weighted by Gasteiger charge is 2.21. The molecule has 0 saturated heterocycles. The zero-order valence-corrected chi connectivity index (χ0v) is 14.0. The topological polar surface area (TPSA) is 72.2 Å². The molecular formula is C13H11BrClFN2O2S. The van der Waals surface area contributed by atoms with E-state index in [0.29, 0.717) is 5.56 Å². The highest BCUT2D eigenvalue weighted by molar-refractivity contribution is 9.10. The van der Waals surface area contributed by atoms with Crippen LogP contribution in [-0.2, 0) is 10.0 Å². The predicted octanol–water partition coefficient (Wildman–Crippen LogP) is 3.93. The number of anilines is 2. The summed E-state index contributed by atoms with van der Waals surface area (Å²) in [4.78, 5) is -0.166. The van der Waals surface area contributed by atoms with E-state index in [9.17, 15) is 12.8 Å². The molecule has 2 aromatic rings. The number of rotatable bonds is 3.